The molecule has 1 rings (SSSR count). The Hall–Kier alpha value is -1.29. The first-order valence-electron chi connectivity index (χ1n) is 3.54. The maximum atomic E-state index is 11.1. The van der Waals surface area contributed by atoms with Crippen molar-refractivity contribution in [3.05, 3.63) is 33.8 Å². The molecule has 0 aliphatic carbocycles. The molecule has 0 saturated heterocycles. The fourth-order valence-corrected chi connectivity index (χ4v) is 1.15. The third kappa shape index (κ3) is 1.89. The van der Waals surface area contributed by atoms with Crippen molar-refractivity contribution in [3.8, 4) is 0 Å². The molecule has 1 aromatic rings. The summed E-state index contributed by atoms with van der Waals surface area (Å²) in [5.74, 6) is -0.616. The van der Waals surface area contributed by atoms with Crippen LogP contribution in [0.25, 0.3) is 0 Å². The maximum Gasteiger partial charge on any atom is 0.345 e. The SMILES string of the molecule is COC(=O)c1c[n+]([O-])c(C)cc1Cl. The number of carbonyl (C=O) groups excluding carboxylic acids is 1. The summed E-state index contributed by atoms with van der Waals surface area (Å²) in [4.78, 5) is 11.0. The highest BCUT2D eigenvalue weighted by Gasteiger charge is 2.15. The monoisotopic (exact) mass is 201 g/mol. The molecule has 0 atom stereocenters. The van der Waals surface area contributed by atoms with Crippen LogP contribution in [0.4, 0.5) is 0 Å². The molecule has 0 radical (unpaired) electrons. The molecule has 1 heterocycles. The van der Waals surface area contributed by atoms with E-state index >= 15 is 0 Å². The fraction of sp³-hybridized carbons (Fsp3) is 0.250. The van der Waals surface area contributed by atoms with E-state index in [0.29, 0.717) is 10.4 Å². The Morgan fingerprint density at radius 2 is 2.31 bits per heavy atom. The van der Waals surface area contributed by atoms with Crippen LogP contribution in [0.15, 0.2) is 12.3 Å². The van der Waals surface area contributed by atoms with Crippen molar-refractivity contribution in [2.45, 2.75) is 6.92 Å². The Kier molecular flexibility index (Phi) is 2.72. The van der Waals surface area contributed by atoms with E-state index < -0.39 is 5.97 Å². The number of hydrogen-bond donors (Lipinski definition) is 0. The van der Waals surface area contributed by atoms with Gasteiger partial charge in [-0.25, -0.2) is 4.79 Å². The van der Waals surface area contributed by atoms with Gasteiger partial charge >= 0.3 is 5.97 Å². The van der Waals surface area contributed by atoms with E-state index in [4.69, 9.17) is 11.6 Å². The second-order valence-electron chi connectivity index (χ2n) is 2.49. The molecule has 0 aromatic carbocycles. The van der Waals surface area contributed by atoms with Crippen molar-refractivity contribution in [1.29, 1.82) is 0 Å². The number of methoxy groups -OCH3 is 1. The number of nitrogens with zero attached hydrogens (tertiary/aromatic N) is 1. The number of aromatic nitrogens is 1. The number of hydrogen-bond acceptors (Lipinski definition) is 3. The number of carbonyl (C=O) groups is 1. The molecule has 70 valence electrons. The Labute approximate surface area is 80.3 Å². The number of ether oxygens (including phenoxy) is 1. The van der Waals surface area contributed by atoms with Crippen LogP contribution < -0.4 is 4.73 Å². The largest absolute Gasteiger partial charge is 0.618 e. The lowest BCUT2D eigenvalue weighted by Gasteiger charge is -2.04. The van der Waals surface area contributed by atoms with Gasteiger partial charge in [0.1, 0.15) is 5.56 Å². The highest BCUT2D eigenvalue weighted by Crippen LogP contribution is 2.15. The molecule has 0 amide bonds. The van der Waals surface area contributed by atoms with Crippen molar-refractivity contribution in [2.24, 2.45) is 0 Å². The summed E-state index contributed by atoms with van der Waals surface area (Å²) in [5, 5.41) is 11.3. The van der Waals surface area contributed by atoms with Gasteiger partial charge < -0.3 is 9.94 Å². The molecular weight excluding hydrogens is 194 g/mol. The lowest BCUT2D eigenvalue weighted by Crippen LogP contribution is -2.31. The van der Waals surface area contributed by atoms with Crippen LogP contribution in [0.5, 0.6) is 0 Å². The van der Waals surface area contributed by atoms with Crippen molar-refractivity contribution in [1.82, 2.24) is 0 Å². The van der Waals surface area contributed by atoms with E-state index in [2.05, 4.69) is 4.74 Å². The smallest absolute Gasteiger partial charge is 0.345 e. The third-order valence-corrected chi connectivity index (χ3v) is 1.90. The fourth-order valence-electron chi connectivity index (χ4n) is 0.866. The van der Waals surface area contributed by atoms with Gasteiger partial charge in [-0.1, -0.05) is 11.6 Å². The summed E-state index contributed by atoms with van der Waals surface area (Å²) in [6.45, 7) is 1.60. The van der Waals surface area contributed by atoms with Gasteiger partial charge in [-0.3, -0.25) is 0 Å². The van der Waals surface area contributed by atoms with Crippen LogP contribution in [0.1, 0.15) is 16.1 Å². The van der Waals surface area contributed by atoms with Gasteiger partial charge in [-0.15, -0.1) is 0 Å². The quantitative estimate of drug-likeness (QED) is 0.388. The molecule has 4 nitrogen and oxygen atoms in total. The van der Waals surface area contributed by atoms with E-state index in [1.807, 2.05) is 0 Å². The Morgan fingerprint density at radius 3 is 2.85 bits per heavy atom. The molecule has 1 aromatic heterocycles. The van der Waals surface area contributed by atoms with Crippen LogP contribution in [-0.4, -0.2) is 13.1 Å². The summed E-state index contributed by atoms with van der Waals surface area (Å²) in [6.07, 6.45) is 1.10. The van der Waals surface area contributed by atoms with Gasteiger partial charge in [-0.2, -0.15) is 4.73 Å². The molecule has 13 heavy (non-hydrogen) atoms. The van der Waals surface area contributed by atoms with Gasteiger partial charge in [-0.05, 0) is 0 Å². The summed E-state index contributed by atoms with van der Waals surface area (Å²) >= 11 is 5.72. The topological polar surface area (TPSA) is 53.2 Å². The van der Waals surface area contributed by atoms with E-state index in [1.165, 1.54) is 13.2 Å². The van der Waals surface area contributed by atoms with Crippen molar-refractivity contribution >= 4 is 17.6 Å². The van der Waals surface area contributed by atoms with Crippen LogP contribution in [0, 0.1) is 12.1 Å². The molecule has 0 bridgehead atoms. The number of pyridine rings is 1. The lowest BCUT2D eigenvalue weighted by molar-refractivity contribution is -0.612. The molecule has 5 heteroatoms. The van der Waals surface area contributed by atoms with Gasteiger partial charge in [0.25, 0.3) is 0 Å². The Bertz CT molecular complexity index is 351. The van der Waals surface area contributed by atoms with Crippen molar-refractivity contribution in [3.63, 3.8) is 0 Å². The van der Waals surface area contributed by atoms with Crippen LogP contribution in [0.3, 0.4) is 0 Å². The lowest BCUT2D eigenvalue weighted by atomic mass is 10.2. The summed E-state index contributed by atoms with van der Waals surface area (Å²) in [7, 11) is 1.23. The predicted molar refractivity (Wildman–Crippen MR) is 46.5 cm³/mol. The molecule has 0 saturated carbocycles. The molecule has 0 aliphatic heterocycles. The predicted octanol–water partition coefficient (Wildman–Crippen LogP) is 1.07. The molecular formula is C8H8ClNO3. The zero-order chi connectivity index (χ0) is 10.0. The minimum Gasteiger partial charge on any atom is -0.618 e. The number of aryl methyl sites for hydroxylation is 1. The maximum absolute atomic E-state index is 11.1. The normalized spacial score (nSPS) is 9.77. The van der Waals surface area contributed by atoms with Crippen LogP contribution in [0.2, 0.25) is 5.02 Å². The van der Waals surface area contributed by atoms with E-state index in [-0.39, 0.29) is 10.6 Å². The molecule has 0 spiro atoms. The second-order valence-corrected chi connectivity index (χ2v) is 2.90. The number of esters is 1. The first kappa shape index (κ1) is 9.80. The second kappa shape index (κ2) is 3.62. The summed E-state index contributed by atoms with van der Waals surface area (Å²) in [5.41, 5.74) is 0.502. The van der Waals surface area contributed by atoms with Crippen LogP contribution in [-0.2, 0) is 4.74 Å². The Balaban J connectivity index is 3.23. The van der Waals surface area contributed by atoms with Crippen molar-refractivity contribution < 1.29 is 14.3 Å². The number of halogens is 1. The van der Waals surface area contributed by atoms with E-state index in [0.717, 1.165) is 6.20 Å². The number of rotatable bonds is 1. The van der Waals surface area contributed by atoms with Crippen LogP contribution >= 0.6 is 11.6 Å². The summed E-state index contributed by atoms with van der Waals surface area (Å²) < 4.78 is 5.00. The average Bonchev–Trinajstić information content (AvgIpc) is 2.10. The third-order valence-electron chi connectivity index (χ3n) is 1.59. The highest BCUT2D eigenvalue weighted by atomic mass is 35.5. The van der Waals surface area contributed by atoms with Gasteiger partial charge in [0, 0.05) is 13.0 Å². The van der Waals surface area contributed by atoms with E-state index in [1.54, 1.807) is 6.92 Å². The van der Waals surface area contributed by atoms with Gasteiger partial charge in [0.2, 0.25) is 0 Å². The first-order valence-corrected chi connectivity index (χ1v) is 3.91. The Morgan fingerprint density at radius 1 is 1.69 bits per heavy atom. The summed E-state index contributed by atoms with van der Waals surface area (Å²) in [6, 6.07) is 1.42. The molecule has 0 unspecified atom stereocenters. The molecule has 0 fully saturated rings. The minimum absolute atomic E-state index is 0.0739. The standard InChI is InChI=1S/C8H8ClNO3/c1-5-3-7(9)6(4-10(5)12)8(11)13-2/h3-4H,1-2H3. The first-order chi connectivity index (χ1) is 6.06. The van der Waals surface area contributed by atoms with Crippen molar-refractivity contribution in [2.75, 3.05) is 7.11 Å². The minimum atomic E-state index is -0.616. The van der Waals surface area contributed by atoms with E-state index in [9.17, 15) is 10.0 Å². The molecule has 0 N–H and O–H groups in total. The van der Waals surface area contributed by atoms with Gasteiger partial charge in [0.05, 0.1) is 12.1 Å². The van der Waals surface area contributed by atoms with Gasteiger partial charge in [0.15, 0.2) is 11.9 Å². The zero-order valence-electron chi connectivity index (χ0n) is 7.20. The highest BCUT2D eigenvalue weighted by molar-refractivity contribution is 6.33. The molecule has 0 aliphatic rings. The average molecular weight is 202 g/mol. The zero-order valence-corrected chi connectivity index (χ0v) is 7.96.